The lowest BCUT2D eigenvalue weighted by Crippen LogP contribution is -2.43. The Balaban J connectivity index is 1.61. The second kappa shape index (κ2) is 18.1. The molecule has 1 N–H and O–H groups in total. The van der Waals surface area contributed by atoms with E-state index in [2.05, 4.69) is 103 Å². The molecule has 39 heavy (non-hydrogen) atoms. The average Bonchev–Trinajstić information content (AvgIpc) is 3.42. The molecule has 2 unspecified atom stereocenters. The lowest BCUT2D eigenvalue weighted by molar-refractivity contribution is -0.704. The fourth-order valence-electron chi connectivity index (χ4n) is 6.50. The number of aromatic nitrogens is 2. The minimum absolute atomic E-state index is 0.0140. The minimum Gasteiger partial charge on any atom is -0.247 e. The molecule has 2 heteroatoms. The molecule has 2 nitrogen and oxygen atoms in total. The zero-order chi connectivity index (χ0) is 27.6. The second-order valence-electron chi connectivity index (χ2n) is 12.1. The maximum atomic E-state index is 3.71. The van der Waals surface area contributed by atoms with Gasteiger partial charge in [0.05, 0.1) is 12.5 Å². The molecular weight excluding hydrogens is 472 g/mol. The number of hydrogen-bond donors (Lipinski definition) is 1. The Morgan fingerprint density at radius 1 is 0.667 bits per heavy atom. The molecule has 0 fully saturated rings. The van der Waals surface area contributed by atoms with Gasteiger partial charge in [-0.05, 0) is 30.4 Å². The van der Waals surface area contributed by atoms with E-state index in [9.17, 15) is 0 Å². The third-order valence-corrected chi connectivity index (χ3v) is 8.80. The summed E-state index contributed by atoms with van der Waals surface area (Å²) in [4.78, 5) is 3.71. The van der Waals surface area contributed by atoms with Gasteiger partial charge in [0.25, 0.3) is 5.82 Å². The van der Waals surface area contributed by atoms with Crippen LogP contribution in [0.3, 0.4) is 0 Å². The lowest BCUT2D eigenvalue weighted by Gasteiger charge is -2.37. The molecule has 0 aliphatic carbocycles. The number of aryl methyl sites for hydroxylation is 1. The molecule has 2 atom stereocenters. The summed E-state index contributed by atoms with van der Waals surface area (Å²) in [7, 11) is 0. The van der Waals surface area contributed by atoms with Gasteiger partial charge >= 0.3 is 0 Å². The predicted molar refractivity (Wildman–Crippen MR) is 168 cm³/mol. The van der Waals surface area contributed by atoms with Crippen molar-refractivity contribution in [1.82, 2.24) is 4.98 Å². The van der Waals surface area contributed by atoms with Gasteiger partial charge in [-0.25, -0.2) is 9.55 Å². The summed E-state index contributed by atoms with van der Waals surface area (Å²) in [5.41, 5.74) is 2.89. The van der Waals surface area contributed by atoms with Crippen LogP contribution in [-0.4, -0.2) is 4.98 Å². The van der Waals surface area contributed by atoms with E-state index in [1.54, 1.807) is 0 Å². The van der Waals surface area contributed by atoms with E-state index in [0.29, 0.717) is 5.92 Å². The number of benzene rings is 2. The smallest absolute Gasteiger partial charge is 0.247 e. The molecule has 1 aromatic heterocycles. The van der Waals surface area contributed by atoms with Crippen LogP contribution in [0.5, 0.6) is 0 Å². The van der Waals surface area contributed by atoms with Gasteiger partial charge in [-0.1, -0.05) is 165 Å². The van der Waals surface area contributed by atoms with Crippen molar-refractivity contribution < 1.29 is 4.57 Å². The molecule has 0 aliphatic rings. The van der Waals surface area contributed by atoms with Gasteiger partial charge in [-0.2, -0.15) is 0 Å². The molecule has 3 rings (SSSR count). The van der Waals surface area contributed by atoms with E-state index in [-0.39, 0.29) is 5.41 Å². The molecule has 0 saturated heterocycles. The number of hydrogen-bond acceptors (Lipinski definition) is 0. The molecule has 0 spiro atoms. The summed E-state index contributed by atoms with van der Waals surface area (Å²) in [6, 6.07) is 22.4. The van der Waals surface area contributed by atoms with E-state index >= 15 is 0 Å². The Morgan fingerprint density at radius 3 is 1.77 bits per heavy atom. The van der Waals surface area contributed by atoms with Crippen LogP contribution in [0.2, 0.25) is 0 Å². The normalized spacial score (nSPS) is 13.8. The van der Waals surface area contributed by atoms with Crippen LogP contribution >= 0.6 is 0 Å². The molecule has 1 heterocycles. The van der Waals surface area contributed by atoms with Gasteiger partial charge in [0.2, 0.25) is 0 Å². The van der Waals surface area contributed by atoms with Gasteiger partial charge in [0.1, 0.15) is 12.4 Å². The standard InChI is InChI=1S/C37H56N2/c1-4-6-7-8-9-10-11-12-13-14-15-16-23-28-35(36-38-29-31-39(36)30-5-2)37(3,34-26-21-18-22-27-34)32-33-24-19-17-20-25-33/h17-22,24-27,29,31,35H,4-16,23,28,30,32H2,1-3H3/p+1. The Bertz CT molecular complexity index is 993. The Kier molecular flexibility index (Phi) is 14.5. The topological polar surface area (TPSA) is 19.7 Å². The highest BCUT2D eigenvalue weighted by molar-refractivity contribution is 5.32. The fraction of sp³-hybridized carbons (Fsp3) is 0.595. The van der Waals surface area contributed by atoms with Crippen LogP contribution < -0.4 is 4.57 Å². The summed E-state index contributed by atoms with van der Waals surface area (Å²) < 4.78 is 2.49. The van der Waals surface area contributed by atoms with Gasteiger partial charge in [0.15, 0.2) is 0 Å². The summed E-state index contributed by atoms with van der Waals surface area (Å²) >= 11 is 0. The third-order valence-electron chi connectivity index (χ3n) is 8.80. The largest absolute Gasteiger partial charge is 0.258 e. The fourth-order valence-corrected chi connectivity index (χ4v) is 6.50. The Labute approximate surface area is 240 Å². The number of unbranched alkanes of at least 4 members (excludes halogenated alkanes) is 12. The third kappa shape index (κ3) is 10.3. The van der Waals surface area contributed by atoms with Crippen LogP contribution in [0.25, 0.3) is 0 Å². The lowest BCUT2D eigenvalue weighted by atomic mass is 9.66. The molecule has 2 aromatic carbocycles. The van der Waals surface area contributed by atoms with Gasteiger partial charge in [0, 0.05) is 5.41 Å². The average molecular weight is 530 g/mol. The maximum Gasteiger partial charge on any atom is 0.258 e. The number of nitrogens with one attached hydrogen (secondary N) is 1. The highest BCUT2D eigenvalue weighted by atomic mass is 15.1. The maximum absolute atomic E-state index is 3.71. The second-order valence-corrected chi connectivity index (χ2v) is 12.1. The molecule has 0 radical (unpaired) electrons. The first kappa shape index (κ1) is 31.2. The molecule has 0 saturated carbocycles. The monoisotopic (exact) mass is 529 g/mol. The highest BCUT2D eigenvalue weighted by Gasteiger charge is 2.41. The zero-order valence-electron chi connectivity index (χ0n) is 25.5. The van der Waals surface area contributed by atoms with Crippen molar-refractivity contribution in [3.8, 4) is 0 Å². The quantitative estimate of drug-likeness (QED) is 0.105. The number of nitrogens with zero attached hydrogens (tertiary/aromatic N) is 1. The van der Waals surface area contributed by atoms with E-state index in [1.807, 2.05) is 0 Å². The summed E-state index contributed by atoms with van der Waals surface area (Å²) in [5.74, 6) is 1.84. The summed E-state index contributed by atoms with van der Waals surface area (Å²) in [6.45, 7) is 8.17. The molecular formula is C37H57N2+. The Morgan fingerprint density at radius 2 is 1.21 bits per heavy atom. The highest BCUT2D eigenvalue weighted by Crippen LogP contribution is 2.43. The van der Waals surface area contributed by atoms with Crippen molar-refractivity contribution in [2.24, 2.45) is 0 Å². The van der Waals surface area contributed by atoms with E-state index < -0.39 is 0 Å². The van der Waals surface area contributed by atoms with Crippen LogP contribution in [0.15, 0.2) is 73.1 Å². The summed E-state index contributed by atoms with van der Waals surface area (Å²) in [6.07, 6.45) is 26.1. The van der Waals surface area contributed by atoms with Crippen LogP contribution in [0, 0.1) is 0 Å². The SMILES string of the molecule is CCCCCCCCCCCCCCCC(c1[nH]cc[n+]1CCC)C(C)(Cc1ccccc1)c1ccccc1. The molecule has 0 amide bonds. The summed E-state index contributed by atoms with van der Waals surface area (Å²) in [5, 5.41) is 0. The van der Waals surface area contributed by atoms with E-state index in [4.69, 9.17) is 0 Å². The van der Waals surface area contributed by atoms with Crippen molar-refractivity contribution >= 4 is 0 Å². The van der Waals surface area contributed by atoms with E-state index in [1.165, 1.54) is 107 Å². The number of imidazole rings is 1. The molecule has 214 valence electrons. The molecule has 0 aliphatic heterocycles. The first-order valence-corrected chi connectivity index (χ1v) is 16.3. The number of H-pyrrole nitrogens is 1. The van der Waals surface area contributed by atoms with Crippen molar-refractivity contribution in [3.05, 3.63) is 90.0 Å². The van der Waals surface area contributed by atoms with Gasteiger partial charge in [-0.3, -0.25) is 0 Å². The zero-order valence-corrected chi connectivity index (χ0v) is 25.5. The van der Waals surface area contributed by atoms with Crippen LogP contribution in [-0.2, 0) is 18.4 Å². The number of aromatic amines is 1. The van der Waals surface area contributed by atoms with Crippen LogP contribution in [0.1, 0.15) is 140 Å². The van der Waals surface area contributed by atoms with Gasteiger partial charge in [-0.15, -0.1) is 0 Å². The number of rotatable bonds is 21. The van der Waals surface area contributed by atoms with Crippen molar-refractivity contribution in [2.75, 3.05) is 0 Å². The van der Waals surface area contributed by atoms with Crippen LogP contribution in [0.4, 0.5) is 0 Å². The molecule has 0 bridgehead atoms. The molecule has 3 aromatic rings. The van der Waals surface area contributed by atoms with Crippen molar-refractivity contribution in [1.29, 1.82) is 0 Å². The van der Waals surface area contributed by atoms with E-state index in [0.717, 1.165) is 19.4 Å². The van der Waals surface area contributed by atoms with Gasteiger partial charge < -0.3 is 0 Å². The first-order valence-electron chi connectivity index (χ1n) is 16.3. The van der Waals surface area contributed by atoms with Crippen molar-refractivity contribution in [2.45, 2.75) is 141 Å². The predicted octanol–water partition coefficient (Wildman–Crippen LogP) is 10.5. The first-order chi connectivity index (χ1) is 19.2. The minimum atomic E-state index is 0.0140. The Hall–Kier alpha value is -2.35. The van der Waals surface area contributed by atoms with Crippen molar-refractivity contribution in [3.63, 3.8) is 0 Å².